The Hall–Kier alpha value is -4.40. The van der Waals surface area contributed by atoms with Gasteiger partial charge in [-0.3, -0.25) is 14.4 Å². The molecule has 0 saturated carbocycles. The van der Waals surface area contributed by atoms with Crippen LogP contribution < -0.4 is 10.1 Å². The number of fused-ring (bicyclic) bond motifs is 4. The molecule has 4 N–H and O–H groups in total. The normalized spacial score (nSPS) is 19.9. The standard InChI is InChI=1S/C28H25FN2O6/c1-12-24(34)22(14(3)32)26-23(25(12)35)28(4)20(37-26)10-19(33)21(27(28)36)13(2)30-8-7-15-11-31-18-6-5-16(29)9-17(15)18/h5-6,9-11,30-31,34-35H,7-8H2,1-4H3/b21-13+/t28-/m0/s1. The third-order valence-corrected chi connectivity index (χ3v) is 7.27. The van der Waals surface area contributed by atoms with Crippen LogP contribution in [0.1, 0.15) is 47.8 Å². The second-order valence-electron chi connectivity index (χ2n) is 9.57. The van der Waals surface area contributed by atoms with Crippen LogP contribution in [0.25, 0.3) is 10.9 Å². The molecule has 0 fully saturated rings. The van der Waals surface area contributed by atoms with Crippen LogP contribution in [0.4, 0.5) is 4.39 Å². The van der Waals surface area contributed by atoms with Gasteiger partial charge in [0.2, 0.25) is 0 Å². The molecule has 0 radical (unpaired) electrons. The summed E-state index contributed by atoms with van der Waals surface area (Å²) in [5, 5.41) is 25.2. The van der Waals surface area contributed by atoms with Gasteiger partial charge in [0.05, 0.1) is 11.1 Å². The van der Waals surface area contributed by atoms with Crippen molar-refractivity contribution in [1.29, 1.82) is 0 Å². The Morgan fingerprint density at radius 2 is 1.92 bits per heavy atom. The SMILES string of the molecule is CC(=O)c1c(O)c(C)c(O)c2c1OC1=CC(=O)/C(=C(/C)NCCc3c[nH]c4ccc(F)cc34)C(=O)[C@@]12C. The maximum atomic E-state index is 13.8. The van der Waals surface area contributed by atoms with Gasteiger partial charge >= 0.3 is 0 Å². The molecule has 2 heterocycles. The molecule has 8 nitrogen and oxygen atoms in total. The molecule has 1 aliphatic carbocycles. The highest BCUT2D eigenvalue weighted by molar-refractivity contribution is 6.31. The summed E-state index contributed by atoms with van der Waals surface area (Å²) in [5.74, 6) is -2.97. The van der Waals surface area contributed by atoms with E-state index >= 15 is 0 Å². The van der Waals surface area contributed by atoms with Crippen molar-refractivity contribution in [2.24, 2.45) is 0 Å². The number of aromatic hydroxyl groups is 2. The van der Waals surface area contributed by atoms with Crippen molar-refractivity contribution in [2.45, 2.75) is 39.5 Å². The monoisotopic (exact) mass is 504 g/mol. The highest BCUT2D eigenvalue weighted by atomic mass is 19.1. The van der Waals surface area contributed by atoms with Crippen LogP contribution in [0.15, 0.2) is 47.5 Å². The first kappa shape index (κ1) is 24.3. The number of carbonyl (C=O) groups excluding carboxylic acids is 3. The maximum absolute atomic E-state index is 13.8. The predicted octanol–water partition coefficient (Wildman–Crippen LogP) is 4.02. The van der Waals surface area contributed by atoms with Crippen molar-refractivity contribution >= 4 is 28.3 Å². The molecule has 0 spiro atoms. The number of nitrogens with one attached hydrogen (secondary N) is 2. The molecule has 2 aliphatic rings. The Labute approximate surface area is 211 Å². The van der Waals surface area contributed by atoms with Crippen molar-refractivity contribution in [3.05, 3.63) is 75.6 Å². The number of H-pyrrole nitrogens is 1. The number of ketones is 3. The van der Waals surface area contributed by atoms with Gasteiger partial charge in [-0.25, -0.2) is 4.39 Å². The minimum Gasteiger partial charge on any atom is -0.507 e. The van der Waals surface area contributed by atoms with E-state index in [0.717, 1.165) is 16.5 Å². The summed E-state index contributed by atoms with van der Waals surface area (Å²) in [4.78, 5) is 42.2. The number of hydrogen-bond acceptors (Lipinski definition) is 7. The van der Waals surface area contributed by atoms with Gasteiger partial charge in [0.1, 0.15) is 39.8 Å². The number of benzene rings is 2. The molecule has 1 aliphatic heterocycles. The molecule has 9 heteroatoms. The number of phenols is 2. The van der Waals surface area contributed by atoms with E-state index in [-0.39, 0.29) is 45.3 Å². The number of carbonyl (C=O) groups is 3. The summed E-state index contributed by atoms with van der Waals surface area (Å²) < 4.78 is 19.5. The van der Waals surface area contributed by atoms with Gasteiger partial charge in [0.25, 0.3) is 0 Å². The molecule has 1 atom stereocenters. The fourth-order valence-electron chi connectivity index (χ4n) is 5.19. The number of rotatable bonds is 5. The summed E-state index contributed by atoms with van der Waals surface area (Å²) in [6.07, 6.45) is 3.48. The molecule has 5 rings (SSSR count). The molecule has 0 saturated heterocycles. The topological polar surface area (TPSA) is 129 Å². The average molecular weight is 505 g/mol. The quantitative estimate of drug-likeness (QED) is 0.235. The van der Waals surface area contributed by atoms with Crippen molar-refractivity contribution in [3.8, 4) is 17.2 Å². The van der Waals surface area contributed by atoms with Crippen LogP contribution in [0, 0.1) is 12.7 Å². The first-order valence-electron chi connectivity index (χ1n) is 11.8. The van der Waals surface area contributed by atoms with E-state index in [1.807, 2.05) is 0 Å². The third kappa shape index (κ3) is 3.45. The Morgan fingerprint density at radius 3 is 2.62 bits per heavy atom. The number of allylic oxidation sites excluding steroid dienone is 4. The van der Waals surface area contributed by atoms with E-state index in [1.165, 1.54) is 39.0 Å². The summed E-state index contributed by atoms with van der Waals surface area (Å²) in [6.45, 7) is 6.17. The number of ether oxygens (including phenoxy) is 1. The zero-order chi connectivity index (χ0) is 26.8. The zero-order valence-corrected chi connectivity index (χ0v) is 20.7. The number of aromatic nitrogens is 1. The first-order valence-corrected chi connectivity index (χ1v) is 11.8. The number of halogens is 1. The van der Waals surface area contributed by atoms with Crippen molar-refractivity contribution < 1.29 is 33.7 Å². The Kier molecular flexibility index (Phi) is 5.47. The highest BCUT2D eigenvalue weighted by Crippen LogP contribution is 2.57. The minimum atomic E-state index is -1.57. The van der Waals surface area contributed by atoms with Crippen LogP contribution >= 0.6 is 0 Å². The molecule has 0 bridgehead atoms. The lowest BCUT2D eigenvalue weighted by Crippen LogP contribution is -2.41. The van der Waals surface area contributed by atoms with Crippen LogP contribution in [0.5, 0.6) is 17.2 Å². The van der Waals surface area contributed by atoms with Gasteiger partial charge in [0, 0.05) is 41.0 Å². The summed E-state index contributed by atoms with van der Waals surface area (Å²) in [5.41, 5.74) is 0.291. The van der Waals surface area contributed by atoms with E-state index in [2.05, 4.69) is 10.3 Å². The Morgan fingerprint density at radius 1 is 1.19 bits per heavy atom. The summed E-state index contributed by atoms with van der Waals surface area (Å²) >= 11 is 0. The largest absolute Gasteiger partial charge is 0.507 e. The van der Waals surface area contributed by atoms with Gasteiger partial charge in [0.15, 0.2) is 17.3 Å². The second-order valence-corrected chi connectivity index (χ2v) is 9.57. The van der Waals surface area contributed by atoms with Crippen LogP contribution in [0.2, 0.25) is 0 Å². The van der Waals surface area contributed by atoms with Gasteiger partial charge in [-0.15, -0.1) is 0 Å². The van der Waals surface area contributed by atoms with Gasteiger partial charge in [-0.05, 0) is 57.9 Å². The fourth-order valence-corrected chi connectivity index (χ4v) is 5.19. The molecule has 37 heavy (non-hydrogen) atoms. The van der Waals surface area contributed by atoms with Crippen molar-refractivity contribution in [1.82, 2.24) is 10.3 Å². The summed E-state index contributed by atoms with van der Waals surface area (Å²) in [7, 11) is 0. The van der Waals surface area contributed by atoms with E-state index in [0.29, 0.717) is 18.7 Å². The van der Waals surface area contributed by atoms with E-state index in [9.17, 15) is 29.0 Å². The molecule has 2 aromatic carbocycles. The molecule has 1 aromatic heterocycles. The van der Waals surface area contributed by atoms with E-state index < -0.39 is 28.5 Å². The lowest BCUT2D eigenvalue weighted by atomic mass is 9.70. The van der Waals surface area contributed by atoms with Gasteiger partial charge in [-0.2, -0.15) is 0 Å². The molecule has 0 unspecified atom stereocenters. The number of aromatic amines is 1. The van der Waals surface area contributed by atoms with Crippen molar-refractivity contribution in [3.63, 3.8) is 0 Å². The lowest BCUT2D eigenvalue weighted by molar-refractivity contribution is -0.123. The Bertz CT molecular complexity index is 1610. The van der Waals surface area contributed by atoms with Gasteiger partial charge in [-0.1, -0.05) is 0 Å². The minimum absolute atomic E-state index is 0.0160. The van der Waals surface area contributed by atoms with Gasteiger partial charge < -0.3 is 25.3 Å². The smallest absolute Gasteiger partial charge is 0.194 e. The van der Waals surface area contributed by atoms with Crippen LogP contribution in [0.3, 0.4) is 0 Å². The van der Waals surface area contributed by atoms with Crippen LogP contribution in [-0.4, -0.2) is 39.1 Å². The average Bonchev–Trinajstić information content (AvgIpc) is 3.36. The second kappa shape index (κ2) is 8.33. The zero-order valence-electron chi connectivity index (χ0n) is 20.7. The molecule has 3 aromatic rings. The number of Topliss-reactive ketones (excluding diaryl/α,β-unsaturated/α-hetero) is 2. The predicted molar refractivity (Wildman–Crippen MR) is 133 cm³/mol. The first-order chi connectivity index (χ1) is 17.5. The Balaban J connectivity index is 1.50. The number of hydrogen-bond donors (Lipinski definition) is 4. The van der Waals surface area contributed by atoms with Crippen LogP contribution in [-0.2, 0) is 21.4 Å². The van der Waals surface area contributed by atoms with E-state index in [1.54, 1.807) is 19.2 Å². The number of phenolic OH excluding ortho intramolecular Hbond substituents is 2. The highest BCUT2D eigenvalue weighted by Gasteiger charge is 2.56. The molecular weight excluding hydrogens is 479 g/mol. The molecule has 190 valence electrons. The van der Waals surface area contributed by atoms with E-state index in [4.69, 9.17) is 4.74 Å². The third-order valence-electron chi connectivity index (χ3n) is 7.27. The maximum Gasteiger partial charge on any atom is 0.194 e. The fraction of sp³-hybridized carbons (Fsp3) is 0.250. The lowest BCUT2D eigenvalue weighted by Gasteiger charge is -2.29. The molecule has 0 amide bonds. The van der Waals surface area contributed by atoms with Crippen molar-refractivity contribution in [2.75, 3.05) is 6.54 Å². The summed E-state index contributed by atoms with van der Waals surface area (Å²) in [6, 6.07) is 4.49. The molecular formula is C28H25FN2O6.